The molecule has 188 valence electrons. The first-order valence-electron chi connectivity index (χ1n) is 12.9. The number of nitrogen functional groups attached to an aromatic ring is 1. The van der Waals surface area contributed by atoms with Gasteiger partial charge in [-0.15, -0.1) is 0 Å². The van der Waals surface area contributed by atoms with Gasteiger partial charge in [0.15, 0.2) is 5.82 Å². The average molecular weight is 486 g/mol. The first-order chi connectivity index (χ1) is 17.5. The van der Waals surface area contributed by atoms with Crippen molar-refractivity contribution in [3.8, 4) is 0 Å². The third-order valence-electron chi connectivity index (χ3n) is 7.57. The molecule has 0 radical (unpaired) electrons. The number of hydrogen-bond donors (Lipinski definition) is 1. The Labute approximate surface area is 212 Å². The summed E-state index contributed by atoms with van der Waals surface area (Å²) in [7, 11) is 0. The van der Waals surface area contributed by atoms with Crippen LogP contribution >= 0.6 is 0 Å². The molecule has 1 amide bonds. The van der Waals surface area contributed by atoms with Crippen molar-refractivity contribution in [2.45, 2.75) is 53.2 Å². The number of likely N-dealkylation sites (tertiary alicyclic amines) is 1. The van der Waals surface area contributed by atoms with E-state index in [2.05, 4.69) is 28.6 Å². The van der Waals surface area contributed by atoms with Crippen LogP contribution in [0.3, 0.4) is 0 Å². The zero-order chi connectivity index (χ0) is 25.2. The number of nitrogens with two attached hydrogens (primary N) is 1. The fourth-order valence-electron chi connectivity index (χ4n) is 5.33. The van der Waals surface area contributed by atoms with E-state index < -0.39 is 0 Å². The zero-order valence-electron chi connectivity index (χ0n) is 21.5. The summed E-state index contributed by atoms with van der Waals surface area (Å²) < 4.78 is 7.99. The molecule has 2 aromatic carbocycles. The maximum Gasteiger partial charge on any atom is 0.253 e. The van der Waals surface area contributed by atoms with E-state index in [4.69, 9.17) is 15.5 Å². The van der Waals surface area contributed by atoms with Gasteiger partial charge < -0.3 is 19.9 Å². The molecule has 5 rings (SSSR count). The van der Waals surface area contributed by atoms with Crippen LogP contribution in [-0.4, -0.2) is 45.0 Å². The molecule has 4 aromatic rings. The molecule has 2 N–H and O–H groups in total. The number of nitrogens with zero attached hydrogens (tertiary/aromatic N) is 4. The standard InChI is InChI=1S/C29H35N5O2/c1-4-36-18-25-32-26-27(19(2)20(3)31-28(26)30)34(25)16-13-21-11-14-33(15-12-21)29(35)24-10-9-22-7-5-6-8-23(22)17-24/h5-10,17,21H,4,11-16,18H2,1-3H3,(H2,30,31). The number of rotatable bonds is 7. The second-order valence-corrected chi connectivity index (χ2v) is 9.81. The highest BCUT2D eigenvalue weighted by Gasteiger charge is 2.25. The lowest BCUT2D eigenvalue weighted by Crippen LogP contribution is -2.38. The number of ether oxygens (including phenoxy) is 1. The number of pyridine rings is 1. The Balaban J connectivity index is 1.26. The summed E-state index contributed by atoms with van der Waals surface area (Å²) in [4.78, 5) is 24.5. The van der Waals surface area contributed by atoms with Gasteiger partial charge in [0.25, 0.3) is 5.91 Å². The molecule has 2 aromatic heterocycles. The van der Waals surface area contributed by atoms with E-state index in [9.17, 15) is 4.79 Å². The minimum Gasteiger partial charge on any atom is -0.382 e. The molecule has 0 atom stereocenters. The van der Waals surface area contributed by atoms with Crippen LogP contribution < -0.4 is 5.73 Å². The predicted molar refractivity (Wildman–Crippen MR) is 144 cm³/mol. The molecule has 3 heterocycles. The molecule has 1 aliphatic heterocycles. The Morgan fingerprint density at radius 2 is 1.83 bits per heavy atom. The van der Waals surface area contributed by atoms with Gasteiger partial charge in [0, 0.05) is 37.5 Å². The number of anilines is 1. The minimum absolute atomic E-state index is 0.132. The molecule has 1 aliphatic rings. The number of benzene rings is 2. The summed E-state index contributed by atoms with van der Waals surface area (Å²) in [6.07, 6.45) is 3.05. The largest absolute Gasteiger partial charge is 0.382 e. The van der Waals surface area contributed by atoms with E-state index >= 15 is 0 Å². The van der Waals surface area contributed by atoms with Crippen molar-refractivity contribution in [2.75, 3.05) is 25.4 Å². The van der Waals surface area contributed by atoms with Gasteiger partial charge in [-0.3, -0.25) is 4.79 Å². The summed E-state index contributed by atoms with van der Waals surface area (Å²) in [5.41, 5.74) is 10.9. The second kappa shape index (κ2) is 10.3. The molecular formula is C29H35N5O2. The third-order valence-corrected chi connectivity index (χ3v) is 7.57. The first kappa shape index (κ1) is 24.3. The molecule has 1 fully saturated rings. The van der Waals surface area contributed by atoms with Crippen molar-refractivity contribution in [3.63, 3.8) is 0 Å². The van der Waals surface area contributed by atoms with Gasteiger partial charge in [-0.2, -0.15) is 0 Å². The van der Waals surface area contributed by atoms with Crippen LogP contribution in [-0.2, 0) is 17.9 Å². The Hall–Kier alpha value is -3.45. The number of aryl methyl sites for hydroxylation is 3. The number of carbonyl (C=O) groups is 1. The van der Waals surface area contributed by atoms with Gasteiger partial charge in [-0.25, -0.2) is 9.97 Å². The van der Waals surface area contributed by atoms with E-state index in [0.29, 0.717) is 24.9 Å². The molecule has 0 saturated carbocycles. The third kappa shape index (κ3) is 4.67. The van der Waals surface area contributed by atoms with Crippen molar-refractivity contribution < 1.29 is 9.53 Å². The van der Waals surface area contributed by atoms with Crippen LogP contribution in [0.15, 0.2) is 42.5 Å². The van der Waals surface area contributed by atoms with Crippen molar-refractivity contribution in [2.24, 2.45) is 5.92 Å². The summed E-state index contributed by atoms with van der Waals surface area (Å²) in [5.74, 6) is 2.07. The Morgan fingerprint density at radius 3 is 2.58 bits per heavy atom. The van der Waals surface area contributed by atoms with Crippen LogP contribution in [0.25, 0.3) is 21.8 Å². The summed E-state index contributed by atoms with van der Waals surface area (Å²) in [6.45, 7) is 9.61. The lowest BCUT2D eigenvalue weighted by Gasteiger charge is -2.32. The van der Waals surface area contributed by atoms with Crippen LogP contribution in [0.1, 0.15) is 53.6 Å². The Bertz CT molecular complexity index is 1400. The van der Waals surface area contributed by atoms with Crippen LogP contribution in [0.2, 0.25) is 0 Å². The van der Waals surface area contributed by atoms with E-state index in [1.807, 2.05) is 49.1 Å². The number of amides is 1. The summed E-state index contributed by atoms with van der Waals surface area (Å²) in [5, 5.41) is 2.27. The van der Waals surface area contributed by atoms with Gasteiger partial charge in [0.1, 0.15) is 17.9 Å². The van der Waals surface area contributed by atoms with E-state index in [-0.39, 0.29) is 5.91 Å². The van der Waals surface area contributed by atoms with Crippen molar-refractivity contribution >= 4 is 33.5 Å². The summed E-state index contributed by atoms with van der Waals surface area (Å²) >= 11 is 0. The number of hydrogen-bond acceptors (Lipinski definition) is 5. The number of aromatic nitrogens is 3. The van der Waals surface area contributed by atoms with Crippen molar-refractivity contribution in [1.29, 1.82) is 0 Å². The number of fused-ring (bicyclic) bond motifs is 2. The molecule has 1 saturated heterocycles. The van der Waals surface area contributed by atoms with Gasteiger partial charge in [-0.05, 0) is 74.4 Å². The Kier molecular flexibility index (Phi) is 6.92. The second-order valence-electron chi connectivity index (χ2n) is 9.81. The molecule has 7 nitrogen and oxygen atoms in total. The molecule has 0 bridgehead atoms. The normalized spacial score (nSPS) is 14.7. The van der Waals surface area contributed by atoms with Crippen LogP contribution in [0.5, 0.6) is 0 Å². The predicted octanol–water partition coefficient (Wildman–Crippen LogP) is 5.26. The maximum absolute atomic E-state index is 13.2. The fraction of sp³-hybridized carbons (Fsp3) is 0.414. The highest BCUT2D eigenvalue weighted by molar-refractivity contribution is 5.98. The highest BCUT2D eigenvalue weighted by Crippen LogP contribution is 2.29. The molecule has 36 heavy (non-hydrogen) atoms. The average Bonchev–Trinajstić information content (AvgIpc) is 3.28. The summed E-state index contributed by atoms with van der Waals surface area (Å²) in [6, 6.07) is 14.2. The monoisotopic (exact) mass is 485 g/mol. The fourth-order valence-corrected chi connectivity index (χ4v) is 5.33. The molecule has 7 heteroatoms. The quantitative estimate of drug-likeness (QED) is 0.386. The van der Waals surface area contributed by atoms with Crippen molar-refractivity contribution in [1.82, 2.24) is 19.4 Å². The Morgan fingerprint density at radius 1 is 1.08 bits per heavy atom. The van der Waals surface area contributed by atoms with E-state index in [1.165, 1.54) is 0 Å². The smallest absolute Gasteiger partial charge is 0.253 e. The molecule has 0 aliphatic carbocycles. The molecular weight excluding hydrogens is 450 g/mol. The number of imidazole rings is 1. The lowest BCUT2D eigenvalue weighted by atomic mass is 9.93. The highest BCUT2D eigenvalue weighted by atomic mass is 16.5. The zero-order valence-corrected chi connectivity index (χ0v) is 21.5. The van der Waals surface area contributed by atoms with E-state index in [0.717, 1.165) is 83.3 Å². The molecule has 0 spiro atoms. The van der Waals surface area contributed by atoms with Crippen LogP contribution in [0, 0.1) is 19.8 Å². The first-order valence-corrected chi connectivity index (χ1v) is 12.9. The minimum atomic E-state index is 0.132. The van der Waals surface area contributed by atoms with E-state index in [1.54, 1.807) is 0 Å². The number of carbonyl (C=O) groups excluding carboxylic acids is 1. The molecule has 0 unspecified atom stereocenters. The maximum atomic E-state index is 13.2. The SMILES string of the molecule is CCOCc1nc2c(N)nc(C)c(C)c2n1CCC1CCN(C(=O)c2ccc3ccccc3c2)CC1. The van der Waals surface area contributed by atoms with Gasteiger partial charge in [-0.1, -0.05) is 30.3 Å². The van der Waals surface area contributed by atoms with Gasteiger partial charge in [0.2, 0.25) is 0 Å². The lowest BCUT2D eigenvalue weighted by molar-refractivity contribution is 0.0684. The van der Waals surface area contributed by atoms with Crippen LogP contribution in [0.4, 0.5) is 5.82 Å². The van der Waals surface area contributed by atoms with Gasteiger partial charge >= 0.3 is 0 Å². The van der Waals surface area contributed by atoms with Gasteiger partial charge in [0.05, 0.1) is 5.52 Å². The van der Waals surface area contributed by atoms with Crippen molar-refractivity contribution in [3.05, 3.63) is 65.1 Å². The topological polar surface area (TPSA) is 86.3 Å². The number of piperidine rings is 1.